The van der Waals surface area contributed by atoms with Crippen LogP contribution >= 0.6 is 0 Å². The van der Waals surface area contributed by atoms with E-state index >= 15 is 0 Å². The van der Waals surface area contributed by atoms with Gasteiger partial charge in [0.2, 0.25) is 0 Å². The Kier molecular flexibility index (Phi) is 1.57. The molecule has 0 aromatic rings. The molecule has 0 aromatic heterocycles. The van der Waals surface area contributed by atoms with Crippen molar-refractivity contribution in [1.29, 1.82) is 0 Å². The Morgan fingerprint density at radius 3 is 1.82 bits per heavy atom. The Labute approximate surface area is 68.0 Å². The Morgan fingerprint density at radius 2 is 1.73 bits per heavy atom. The van der Waals surface area contributed by atoms with E-state index in [1.807, 2.05) is 0 Å². The summed E-state index contributed by atoms with van der Waals surface area (Å²) in [7, 11) is 0. The molecule has 3 N–H and O–H groups in total. The van der Waals surface area contributed by atoms with Crippen molar-refractivity contribution < 1.29 is 0 Å². The van der Waals surface area contributed by atoms with Crippen molar-refractivity contribution >= 4 is 0 Å². The molecular weight excluding hydrogens is 134 g/mol. The molecule has 1 heteroatoms. The van der Waals surface area contributed by atoms with Gasteiger partial charge < -0.3 is 6.15 Å². The lowest BCUT2D eigenvalue weighted by molar-refractivity contribution is 0.587. The van der Waals surface area contributed by atoms with Crippen LogP contribution in [0.15, 0.2) is 18.2 Å². The molecule has 2 aliphatic rings. The SMILES string of the molecule is CC(C)(C)c1cc2ccc1-2.N. The maximum absolute atomic E-state index is 2.29. The summed E-state index contributed by atoms with van der Waals surface area (Å²) in [6.45, 7) is 6.78. The van der Waals surface area contributed by atoms with Gasteiger partial charge in [0, 0.05) is 0 Å². The molecule has 1 nitrogen and oxygen atoms in total. The fraction of sp³-hybridized carbons (Fsp3) is 0.400. The van der Waals surface area contributed by atoms with Crippen molar-refractivity contribution in [3.63, 3.8) is 0 Å². The normalized spacial score (nSPS) is 12.3. The van der Waals surface area contributed by atoms with E-state index in [0.717, 1.165) is 0 Å². The first-order valence-corrected chi connectivity index (χ1v) is 3.74. The summed E-state index contributed by atoms with van der Waals surface area (Å²) < 4.78 is 0. The average Bonchev–Trinajstić information content (AvgIpc) is 1.74. The van der Waals surface area contributed by atoms with Crippen LogP contribution in [0.3, 0.4) is 0 Å². The minimum atomic E-state index is 0. The van der Waals surface area contributed by atoms with Crippen molar-refractivity contribution in [1.82, 2.24) is 6.15 Å². The predicted molar refractivity (Wildman–Crippen MR) is 49.2 cm³/mol. The van der Waals surface area contributed by atoms with Crippen LogP contribution in [0, 0.1) is 0 Å². The smallest absolute Gasteiger partial charge is 0.0125 e. The van der Waals surface area contributed by atoms with E-state index in [0.29, 0.717) is 5.41 Å². The van der Waals surface area contributed by atoms with Gasteiger partial charge in [0.05, 0.1) is 0 Å². The number of hydrogen-bond donors (Lipinski definition) is 1. The van der Waals surface area contributed by atoms with Crippen LogP contribution < -0.4 is 6.15 Å². The topological polar surface area (TPSA) is 35.0 Å². The number of rotatable bonds is 0. The standard InChI is InChI=1S/C10H12.H3N/c1-10(2,3)9-6-7-4-5-8(7)9;/h4-6H,1-3H3;1H3. The first-order chi connectivity index (χ1) is 4.59. The Balaban J connectivity index is 0.000000605. The molecule has 0 bridgehead atoms. The predicted octanol–water partition coefficient (Wildman–Crippen LogP) is 3.13. The lowest BCUT2D eigenvalue weighted by Crippen LogP contribution is -2.17. The molecule has 11 heavy (non-hydrogen) atoms. The molecule has 0 amide bonds. The summed E-state index contributed by atoms with van der Waals surface area (Å²) >= 11 is 0. The molecular formula is C10H15N. The van der Waals surface area contributed by atoms with Gasteiger partial charge in [-0.1, -0.05) is 32.9 Å². The molecule has 0 aliphatic heterocycles. The highest BCUT2D eigenvalue weighted by Gasteiger charge is 2.25. The Bertz CT molecular complexity index is 281. The zero-order valence-corrected chi connectivity index (χ0v) is 7.44. The molecule has 0 saturated carbocycles. The maximum atomic E-state index is 2.29. The third-order valence-electron chi connectivity index (χ3n) is 2.14. The molecule has 0 saturated heterocycles. The highest BCUT2D eigenvalue weighted by Crippen LogP contribution is 2.42. The number of hydrogen-bond acceptors (Lipinski definition) is 1. The quantitative estimate of drug-likeness (QED) is 0.613. The van der Waals surface area contributed by atoms with Gasteiger partial charge >= 0.3 is 0 Å². The van der Waals surface area contributed by atoms with Gasteiger partial charge in [0.1, 0.15) is 0 Å². The first-order valence-electron chi connectivity index (χ1n) is 3.74. The minimum absolute atomic E-state index is 0. The second-order valence-electron chi connectivity index (χ2n) is 4.01. The summed E-state index contributed by atoms with van der Waals surface area (Å²) in [4.78, 5) is 0. The van der Waals surface area contributed by atoms with E-state index in [9.17, 15) is 0 Å². The van der Waals surface area contributed by atoms with Gasteiger partial charge in [-0.3, -0.25) is 0 Å². The molecule has 0 fully saturated rings. The van der Waals surface area contributed by atoms with Crippen LogP contribution in [0.1, 0.15) is 26.3 Å². The Morgan fingerprint density at radius 1 is 1.09 bits per heavy atom. The van der Waals surface area contributed by atoms with Crippen molar-refractivity contribution in [2.24, 2.45) is 0 Å². The van der Waals surface area contributed by atoms with Crippen molar-refractivity contribution in [3.05, 3.63) is 23.8 Å². The van der Waals surface area contributed by atoms with E-state index in [-0.39, 0.29) is 6.15 Å². The molecule has 60 valence electrons. The zero-order valence-electron chi connectivity index (χ0n) is 7.44. The van der Waals surface area contributed by atoms with E-state index in [1.54, 1.807) is 0 Å². The average molecular weight is 149 g/mol. The van der Waals surface area contributed by atoms with Gasteiger partial charge in [0.25, 0.3) is 0 Å². The van der Waals surface area contributed by atoms with Crippen LogP contribution in [0.4, 0.5) is 0 Å². The lowest BCUT2D eigenvalue weighted by atomic mass is 9.74. The lowest BCUT2D eigenvalue weighted by Gasteiger charge is -2.30. The van der Waals surface area contributed by atoms with Crippen molar-refractivity contribution in [2.75, 3.05) is 0 Å². The highest BCUT2D eigenvalue weighted by atomic mass is 14.3. The maximum Gasteiger partial charge on any atom is -0.0125 e. The van der Waals surface area contributed by atoms with Gasteiger partial charge in [-0.05, 0) is 28.2 Å². The van der Waals surface area contributed by atoms with Crippen LogP contribution in [0.25, 0.3) is 11.1 Å². The third-order valence-corrected chi connectivity index (χ3v) is 2.14. The van der Waals surface area contributed by atoms with Crippen LogP contribution in [0.2, 0.25) is 0 Å². The number of fused-ring (bicyclic) bond motifs is 1. The fourth-order valence-corrected chi connectivity index (χ4v) is 1.41. The molecule has 0 atom stereocenters. The van der Waals surface area contributed by atoms with Crippen LogP contribution in [-0.2, 0) is 5.41 Å². The zero-order chi connectivity index (χ0) is 7.35. The van der Waals surface area contributed by atoms with Gasteiger partial charge in [-0.2, -0.15) is 0 Å². The molecule has 0 aromatic carbocycles. The molecule has 0 spiro atoms. The monoisotopic (exact) mass is 149 g/mol. The molecule has 2 rings (SSSR count). The fourth-order valence-electron chi connectivity index (χ4n) is 1.41. The summed E-state index contributed by atoms with van der Waals surface area (Å²) in [6, 6.07) is 6.66. The largest absolute Gasteiger partial charge is 0.344 e. The summed E-state index contributed by atoms with van der Waals surface area (Å²) in [5.41, 5.74) is 4.81. The van der Waals surface area contributed by atoms with Crippen LogP contribution in [-0.4, -0.2) is 0 Å². The number of benzene rings is 1. The van der Waals surface area contributed by atoms with Crippen molar-refractivity contribution in [3.8, 4) is 11.1 Å². The van der Waals surface area contributed by atoms with E-state index in [2.05, 4.69) is 39.0 Å². The summed E-state index contributed by atoms with van der Waals surface area (Å²) in [6.07, 6.45) is 0. The van der Waals surface area contributed by atoms with E-state index < -0.39 is 0 Å². The van der Waals surface area contributed by atoms with Gasteiger partial charge in [-0.15, -0.1) is 0 Å². The second kappa shape index (κ2) is 2.08. The molecule has 0 radical (unpaired) electrons. The van der Waals surface area contributed by atoms with E-state index in [4.69, 9.17) is 0 Å². The third kappa shape index (κ3) is 0.962. The van der Waals surface area contributed by atoms with Crippen molar-refractivity contribution in [2.45, 2.75) is 26.2 Å². The Hall–Kier alpha value is -0.820. The summed E-state index contributed by atoms with van der Waals surface area (Å²) in [5.74, 6) is 0. The van der Waals surface area contributed by atoms with E-state index in [1.165, 1.54) is 16.7 Å². The summed E-state index contributed by atoms with van der Waals surface area (Å²) in [5, 5.41) is 0. The molecule has 2 aliphatic carbocycles. The van der Waals surface area contributed by atoms with Crippen LogP contribution in [0.5, 0.6) is 0 Å². The first kappa shape index (κ1) is 8.28. The van der Waals surface area contributed by atoms with Gasteiger partial charge in [-0.25, -0.2) is 0 Å². The minimum Gasteiger partial charge on any atom is -0.344 e. The molecule has 0 heterocycles. The molecule has 0 unspecified atom stereocenters. The van der Waals surface area contributed by atoms with Gasteiger partial charge in [0.15, 0.2) is 0 Å². The highest BCUT2D eigenvalue weighted by molar-refractivity contribution is 5.82. The second-order valence-corrected chi connectivity index (χ2v) is 4.01.